The van der Waals surface area contributed by atoms with E-state index in [0.29, 0.717) is 0 Å². The summed E-state index contributed by atoms with van der Waals surface area (Å²) in [6.45, 7) is 0.800. The summed E-state index contributed by atoms with van der Waals surface area (Å²) < 4.78 is 7.53. The maximum atomic E-state index is 5.37. The molecule has 0 amide bonds. The van der Waals surface area contributed by atoms with E-state index in [1.807, 2.05) is 18.5 Å². The van der Waals surface area contributed by atoms with Gasteiger partial charge in [-0.1, -0.05) is 42.5 Å². The zero-order valence-corrected chi connectivity index (χ0v) is 12.4. The molecule has 0 atom stereocenters. The monoisotopic (exact) mass is 288 g/mol. The minimum absolute atomic E-state index is 0.800. The van der Waals surface area contributed by atoms with Crippen LogP contribution in [0.15, 0.2) is 67.0 Å². The average molecular weight is 288 g/mol. The fraction of sp³-hybridized carbons (Fsp3) is 0.105. The van der Waals surface area contributed by atoms with Crippen LogP contribution in [0.2, 0.25) is 0 Å². The van der Waals surface area contributed by atoms with E-state index >= 15 is 0 Å². The van der Waals surface area contributed by atoms with E-state index in [9.17, 15) is 0 Å². The molecule has 1 aromatic heterocycles. The van der Waals surface area contributed by atoms with Gasteiger partial charge in [0.2, 0.25) is 0 Å². The number of imidazole rings is 1. The predicted molar refractivity (Wildman–Crippen MR) is 89.3 cm³/mol. The Morgan fingerprint density at radius 3 is 2.68 bits per heavy atom. The van der Waals surface area contributed by atoms with Crippen molar-refractivity contribution in [1.29, 1.82) is 0 Å². The molecule has 0 fully saturated rings. The Balaban J connectivity index is 1.76. The van der Waals surface area contributed by atoms with Crippen molar-refractivity contribution in [3.05, 3.63) is 72.6 Å². The van der Waals surface area contributed by atoms with E-state index in [-0.39, 0.29) is 0 Å². The normalized spacial score (nSPS) is 11.1. The van der Waals surface area contributed by atoms with Gasteiger partial charge in [-0.3, -0.25) is 0 Å². The highest BCUT2D eigenvalue weighted by Crippen LogP contribution is 2.25. The molecule has 0 spiro atoms. The number of rotatable bonds is 3. The highest BCUT2D eigenvalue weighted by Gasteiger charge is 2.08. The molecule has 0 N–H and O–H groups in total. The number of ether oxygens (including phenoxy) is 1. The van der Waals surface area contributed by atoms with Crippen LogP contribution in [0.1, 0.15) is 5.56 Å². The third-order valence-corrected chi connectivity index (χ3v) is 4.00. The average Bonchev–Trinajstić information content (AvgIpc) is 2.98. The number of nitrogens with zero attached hydrogens (tertiary/aromatic N) is 2. The second-order valence-corrected chi connectivity index (χ2v) is 5.38. The van der Waals surface area contributed by atoms with Crippen molar-refractivity contribution in [3.8, 4) is 5.75 Å². The number of aromatic nitrogens is 2. The summed E-state index contributed by atoms with van der Waals surface area (Å²) in [6, 6.07) is 21.0. The fourth-order valence-corrected chi connectivity index (χ4v) is 2.89. The van der Waals surface area contributed by atoms with Crippen LogP contribution in [0.25, 0.3) is 21.8 Å². The quantitative estimate of drug-likeness (QED) is 0.563. The first kappa shape index (κ1) is 12.9. The molecule has 1 heterocycles. The van der Waals surface area contributed by atoms with E-state index in [4.69, 9.17) is 4.74 Å². The molecule has 0 radical (unpaired) electrons. The van der Waals surface area contributed by atoms with Crippen LogP contribution in [-0.2, 0) is 6.54 Å². The van der Waals surface area contributed by atoms with Gasteiger partial charge in [0.25, 0.3) is 0 Å². The van der Waals surface area contributed by atoms with Crippen LogP contribution < -0.4 is 4.74 Å². The van der Waals surface area contributed by atoms with Crippen LogP contribution in [0.4, 0.5) is 0 Å². The molecule has 3 heteroatoms. The van der Waals surface area contributed by atoms with Crippen LogP contribution in [0.5, 0.6) is 5.75 Å². The summed E-state index contributed by atoms with van der Waals surface area (Å²) in [5.74, 6) is 0.815. The van der Waals surface area contributed by atoms with E-state index in [1.165, 1.54) is 16.3 Å². The lowest BCUT2D eigenvalue weighted by atomic mass is 10.1. The van der Waals surface area contributed by atoms with Gasteiger partial charge in [0.15, 0.2) is 0 Å². The van der Waals surface area contributed by atoms with Crippen molar-refractivity contribution >= 4 is 21.8 Å². The zero-order chi connectivity index (χ0) is 14.9. The first-order valence-corrected chi connectivity index (χ1v) is 7.31. The predicted octanol–water partition coefficient (Wildman–Crippen LogP) is 4.25. The highest BCUT2D eigenvalue weighted by molar-refractivity contribution is 5.84. The molecule has 108 valence electrons. The third-order valence-electron chi connectivity index (χ3n) is 4.00. The van der Waals surface area contributed by atoms with E-state index in [0.717, 1.165) is 23.3 Å². The second-order valence-electron chi connectivity index (χ2n) is 5.38. The van der Waals surface area contributed by atoms with E-state index in [1.54, 1.807) is 7.11 Å². The molecule has 0 saturated carbocycles. The van der Waals surface area contributed by atoms with Crippen LogP contribution >= 0.6 is 0 Å². The zero-order valence-electron chi connectivity index (χ0n) is 12.4. The molecule has 3 aromatic carbocycles. The van der Waals surface area contributed by atoms with Crippen LogP contribution in [0.3, 0.4) is 0 Å². The molecule has 3 nitrogen and oxygen atoms in total. The van der Waals surface area contributed by atoms with Gasteiger partial charge in [0.1, 0.15) is 11.3 Å². The first-order valence-electron chi connectivity index (χ1n) is 7.31. The van der Waals surface area contributed by atoms with Gasteiger partial charge in [0.05, 0.1) is 19.0 Å². The lowest BCUT2D eigenvalue weighted by Gasteiger charge is -2.07. The highest BCUT2D eigenvalue weighted by atomic mass is 16.5. The Morgan fingerprint density at radius 2 is 1.82 bits per heavy atom. The summed E-state index contributed by atoms with van der Waals surface area (Å²) in [7, 11) is 1.68. The van der Waals surface area contributed by atoms with E-state index in [2.05, 4.69) is 58.1 Å². The molecule has 4 aromatic rings. The maximum Gasteiger partial charge on any atom is 0.146 e. The van der Waals surface area contributed by atoms with Crippen molar-refractivity contribution < 1.29 is 4.74 Å². The standard InChI is InChI=1S/C19H16N2O/c1-22-18-8-4-7-17-19(18)20-13-21(17)12-14-9-10-15-5-2-3-6-16(15)11-14/h2-11,13H,12H2,1H3. The Hall–Kier alpha value is -2.81. The number of benzene rings is 3. The Morgan fingerprint density at radius 1 is 0.955 bits per heavy atom. The summed E-state index contributed by atoms with van der Waals surface area (Å²) in [4.78, 5) is 4.49. The Labute approximate surface area is 128 Å². The number of para-hydroxylation sites is 1. The molecule has 0 aliphatic carbocycles. The molecule has 0 saturated heterocycles. The molecular weight excluding hydrogens is 272 g/mol. The molecule has 4 rings (SSSR count). The summed E-state index contributed by atoms with van der Waals surface area (Å²) in [6.07, 6.45) is 1.88. The van der Waals surface area contributed by atoms with Gasteiger partial charge in [-0.2, -0.15) is 0 Å². The lowest BCUT2D eigenvalue weighted by molar-refractivity contribution is 0.419. The fourth-order valence-electron chi connectivity index (χ4n) is 2.89. The topological polar surface area (TPSA) is 27.1 Å². The van der Waals surface area contributed by atoms with Crippen molar-refractivity contribution in [2.75, 3.05) is 7.11 Å². The largest absolute Gasteiger partial charge is 0.494 e. The van der Waals surface area contributed by atoms with Crippen molar-refractivity contribution in [2.45, 2.75) is 6.54 Å². The van der Waals surface area contributed by atoms with E-state index < -0.39 is 0 Å². The third kappa shape index (κ3) is 2.11. The number of fused-ring (bicyclic) bond motifs is 2. The Bertz CT molecular complexity index is 956. The molecule has 0 aliphatic heterocycles. The van der Waals surface area contributed by atoms with Gasteiger partial charge in [-0.25, -0.2) is 4.98 Å². The van der Waals surface area contributed by atoms with Crippen molar-refractivity contribution in [2.24, 2.45) is 0 Å². The van der Waals surface area contributed by atoms with Gasteiger partial charge in [-0.15, -0.1) is 0 Å². The first-order chi connectivity index (χ1) is 10.8. The van der Waals surface area contributed by atoms with Crippen molar-refractivity contribution in [3.63, 3.8) is 0 Å². The number of hydrogen-bond acceptors (Lipinski definition) is 2. The molecule has 0 bridgehead atoms. The SMILES string of the molecule is COc1cccc2c1ncn2Cc1ccc2ccccc2c1. The number of hydrogen-bond donors (Lipinski definition) is 0. The summed E-state index contributed by atoms with van der Waals surface area (Å²) in [5, 5.41) is 2.53. The molecule has 0 aliphatic rings. The molecule has 0 unspecified atom stereocenters. The summed E-state index contributed by atoms with van der Waals surface area (Å²) in [5.41, 5.74) is 3.26. The van der Waals surface area contributed by atoms with Gasteiger partial charge < -0.3 is 9.30 Å². The summed E-state index contributed by atoms with van der Waals surface area (Å²) >= 11 is 0. The minimum atomic E-state index is 0.800. The van der Waals surface area contributed by atoms with Crippen LogP contribution in [-0.4, -0.2) is 16.7 Å². The molecular formula is C19H16N2O. The van der Waals surface area contributed by atoms with Crippen LogP contribution in [0, 0.1) is 0 Å². The van der Waals surface area contributed by atoms with Gasteiger partial charge >= 0.3 is 0 Å². The maximum absolute atomic E-state index is 5.37. The van der Waals surface area contributed by atoms with Gasteiger partial charge in [0, 0.05) is 6.54 Å². The lowest BCUT2D eigenvalue weighted by Crippen LogP contribution is -1.98. The second kappa shape index (κ2) is 5.19. The van der Waals surface area contributed by atoms with Crippen molar-refractivity contribution in [1.82, 2.24) is 9.55 Å². The van der Waals surface area contributed by atoms with Gasteiger partial charge in [-0.05, 0) is 34.5 Å². The Kier molecular flexibility index (Phi) is 3.04. The minimum Gasteiger partial charge on any atom is -0.494 e. The molecule has 22 heavy (non-hydrogen) atoms. The smallest absolute Gasteiger partial charge is 0.146 e. The number of methoxy groups -OCH3 is 1.